The van der Waals surface area contributed by atoms with Crippen molar-refractivity contribution in [1.29, 1.82) is 0 Å². The fourth-order valence-corrected chi connectivity index (χ4v) is 2.11. The summed E-state index contributed by atoms with van der Waals surface area (Å²) in [5.74, 6) is -0.676. The molecule has 0 aromatic carbocycles. The molecule has 1 rings (SSSR count). The molecule has 0 aromatic rings. The number of rotatable bonds is 6. The van der Waals surface area contributed by atoms with Gasteiger partial charge < -0.3 is 10.0 Å². The summed E-state index contributed by atoms with van der Waals surface area (Å²) in [6, 6.07) is 0.647. The molecule has 4 heteroatoms. The van der Waals surface area contributed by atoms with Gasteiger partial charge in [-0.15, -0.1) is 0 Å². The van der Waals surface area contributed by atoms with E-state index in [1.54, 1.807) is 0 Å². The lowest BCUT2D eigenvalue weighted by Crippen LogP contribution is -2.48. The predicted molar refractivity (Wildman–Crippen MR) is 64.6 cm³/mol. The van der Waals surface area contributed by atoms with Crippen molar-refractivity contribution in [1.82, 2.24) is 9.80 Å². The standard InChI is InChI=1S/C12H24N2O2/c1-11(2)14-9-7-13(8-10-14)6-4-3-5-12(15)16/h11H,3-10H2,1-2H3,(H,15,16). The zero-order chi connectivity index (χ0) is 12.0. The van der Waals surface area contributed by atoms with E-state index in [2.05, 4.69) is 23.6 Å². The highest BCUT2D eigenvalue weighted by Gasteiger charge is 2.17. The third-order valence-electron chi connectivity index (χ3n) is 3.25. The topological polar surface area (TPSA) is 43.8 Å². The Hall–Kier alpha value is -0.610. The van der Waals surface area contributed by atoms with Gasteiger partial charge in [-0.3, -0.25) is 9.69 Å². The van der Waals surface area contributed by atoms with Gasteiger partial charge in [0.05, 0.1) is 0 Å². The highest BCUT2D eigenvalue weighted by Crippen LogP contribution is 2.07. The molecule has 94 valence electrons. The molecule has 0 unspecified atom stereocenters. The number of hydrogen-bond donors (Lipinski definition) is 1. The lowest BCUT2D eigenvalue weighted by atomic mass is 10.2. The lowest BCUT2D eigenvalue weighted by molar-refractivity contribution is -0.137. The molecule has 0 aromatic heterocycles. The molecular formula is C12H24N2O2. The average Bonchev–Trinajstić information content (AvgIpc) is 2.25. The van der Waals surface area contributed by atoms with Gasteiger partial charge >= 0.3 is 5.97 Å². The summed E-state index contributed by atoms with van der Waals surface area (Å²) in [7, 11) is 0. The molecule has 0 spiro atoms. The molecule has 0 aliphatic carbocycles. The zero-order valence-electron chi connectivity index (χ0n) is 10.5. The second-order valence-corrected chi connectivity index (χ2v) is 4.82. The summed E-state index contributed by atoms with van der Waals surface area (Å²) in [4.78, 5) is 15.3. The van der Waals surface area contributed by atoms with Crippen LogP contribution in [0.2, 0.25) is 0 Å². The molecule has 0 saturated carbocycles. The van der Waals surface area contributed by atoms with E-state index in [1.807, 2.05) is 0 Å². The second-order valence-electron chi connectivity index (χ2n) is 4.82. The van der Waals surface area contributed by atoms with Gasteiger partial charge in [-0.05, 0) is 33.2 Å². The van der Waals surface area contributed by atoms with Crippen LogP contribution in [0, 0.1) is 0 Å². The van der Waals surface area contributed by atoms with Crippen LogP contribution in [0.5, 0.6) is 0 Å². The first-order valence-electron chi connectivity index (χ1n) is 6.28. The van der Waals surface area contributed by atoms with Crippen LogP contribution < -0.4 is 0 Å². The molecule has 1 aliphatic rings. The van der Waals surface area contributed by atoms with E-state index in [4.69, 9.17) is 5.11 Å². The number of hydrogen-bond acceptors (Lipinski definition) is 3. The maximum Gasteiger partial charge on any atom is 0.303 e. The van der Waals surface area contributed by atoms with E-state index in [9.17, 15) is 4.79 Å². The van der Waals surface area contributed by atoms with Crippen molar-refractivity contribution in [2.24, 2.45) is 0 Å². The molecule has 0 amide bonds. The van der Waals surface area contributed by atoms with Crippen LogP contribution >= 0.6 is 0 Å². The van der Waals surface area contributed by atoms with Gasteiger partial charge in [0, 0.05) is 38.6 Å². The van der Waals surface area contributed by atoms with Gasteiger partial charge in [0.15, 0.2) is 0 Å². The van der Waals surface area contributed by atoms with Crippen molar-refractivity contribution in [2.45, 2.75) is 39.2 Å². The Bertz CT molecular complexity index is 211. The van der Waals surface area contributed by atoms with Gasteiger partial charge in [0.1, 0.15) is 0 Å². The molecule has 0 radical (unpaired) electrons. The Kier molecular flexibility index (Phi) is 5.77. The molecule has 0 bridgehead atoms. The van der Waals surface area contributed by atoms with Crippen LogP contribution in [0.3, 0.4) is 0 Å². The fraction of sp³-hybridized carbons (Fsp3) is 0.917. The van der Waals surface area contributed by atoms with Crippen molar-refractivity contribution < 1.29 is 9.90 Å². The number of aliphatic carboxylic acids is 1. The van der Waals surface area contributed by atoms with Gasteiger partial charge in [0.2, 0.25) is 0 Å². The minimum atomic E-state index is -0.676. The number of carboxylic acid groups (broad SMARTS) is 1. The largest absolute Gasteiger partial charge is 0.481 e. The van der Waals surface area contributed by atoms with E-state index in [-0.39, 0.29) is 0 Å². The fourth-order valence-electron chi connectivity index (χ4n) is 2.11. The van der Waals surface area contributed by atoms with Gasteiger partial charge in [-0.1, -0.05) is 0 Å². The average molecular weight is 228 g/mol. The molecule has 1 aliphatic heterocycles. The highest BCUT2D eigenvalue weighted by atomic mass is 16.4. The first kappa shape index (κ1) is 13.5. The third kappa shape index (κ3) is 4.94. The summed E-state index contributed by atoms with van der Waals surface area (Å²) in [6.45, 7) is 10.1. The summed E-state index contributed by atoms with van der Waals surface area (Å²) >= 11 is 0. The first-order chi connectivity index (χ1) is 7.59. The number of piperazine rings is 1. The van der Waals surface area contributed by atoms with Crippen LogP contribution in [0.1, 0.15) is 33.1 Å². The Morgan fingerprint density at radius 3 is 2.31 bits per heavy atom. The maximum absolute atomic E-state index is 10.3. The number of unbranched alkanes of at least 4 members (excludes halogenated alkanes) is 1. The Morgan fingerprint density at radius 1 is 1.19 bits per heavy atom. The number of carboxylic acids is 1. The summed E-state index contributed by atoms with van der Waals surface area (Å²) in [5.41, 5.74) is 0. The van der Waals surface area contributed by atoms with Crippen LogP contribution in [0.4, 0.5) is 0 Å². The molecule has 0 atom stereocenters. The van der Waals surface area contributed by atoms with E-state index >= 15 is 0 Å². The molecular weight excluding hydrogens is 204 g/mol. The quantitative estimate of drug-likeness (QED) is 0.695. The Balaban J connectivity index is 2.06. The highest BCUT2D eigenvalue weighted by molar-refractivity contribution is 5.66. The van der Waals surface area contributed by atoms with E-state index in [1.165, 1.54) is 0 Å². The smallest absolute Gasteiger partial charge is 0.303 e. The van der Waals surface area contributed by atoms with Gasteiger partial charge in [-0.25, -0.2) is 0 Å². The third-order valence-corrected chi connectivity index (χ3v) is 3.25. The molecule has 1 saturated heterocycles. The molecule has 16 heavy (non-hydrogen) atoms. The van der Waals surface area contributed by atoms with Gasteiger partial charge in [0.25, 0.3) is 0 Å². The first-order valence-corrected chi connectivity index (χ1v) is 6.28. The molecule has 4 nitrogen and oxygen atoms in total. The molecule has 1 fully saturated rings. The lowest BCUT2D eigenvalue weighted by Gasteiger charge is -2.36. The maximum atomic E-state index is 10.3. The van der Waals surface area contributed by atoms with Crippen LogP contribution in [-0.4, -0.2) is 59.6 Å². The monoisotopic (exact) mass is 228 g/mol. The second kappa shape index (κ2) is 6.86. The van der Waals surface area contributed by atoms with E-state index in [0.717, 1.165) is 45.6 Å². The van der Waals surface area contributed by atoms with Crippen LogP contribution in [-0.2, 0) is 4.79 Å². The summed E-state index contributed by atoms with van der Waals surface area (Å²) in [6.07, 6.45) is 2.12. The SMILES string of the molecule is CC(C)N1CCN(CCCCC(=O)O)CC1. The predicted octanol–water partition coefficient (Wildman–Crippen LogP) is 1.27. The number of carbonyl (C=O) groups is 1. The van der Waals surface area contributed by atoms with Crippen molar-refractivity contribution in [3.05, 3.63) is 0 Å². The molecule has 1 heterocycles. The summed E-state index contributed by atoms with van der Waals surface area (Å²) in [5, 5.41) is 8.53. The minimum Gasteiger partial charge on any atom is -0.481 e. The Morgan fingerprint density at radius 2 is 1.81 bits per heavy atom. The van der Waals surface area contributed by atoms with E-state index < -0.39 is 5.97 Å². The summed E-state index contributed by atoms with van der Waals surface area (Å²) < 4.78 is 0. The van der Waals surface area contributed by atoms with Crippen LogP contribution in [0.25, 0.3) is 0 Å². The van der Waals surface area contributed by atoms with E-state index in [0.29, 0.717) is 12.5 Å². The van der Waals surface area contributed by atoms with Gasteiger partial charge in [-0.2, -0.15) is 0 Å². The van der Waals surface area contributed by atoms with Crippen LogP contribution in [0.15, 0.2) is 0 Å². The van der Waals surface area contributed by atoms with Crippen molar-refractivity contribution in [2.75, 3.05) is 32.7 Å². The van der Waals surface area contributed by atoms with Crippen molar-refractivity contribution in [3.8, 4) is 0 Å². The van der Waals surface area contributed by atoms with Crippen molar-refractivity contribution in [3.63, 3.8) is 0 Å². The minimum absolute atomic E-state index is 0.311. The molecule has 1 N–H and O–H groups in total. The number of nitrogens with zero attached hydrogens (tertiary/aromatic N) is 2. The Labute approximate surface area is 98.2 Å². The normalized spacial score (nSPS) is 19.2. The van der Waals surface area contributed by atoms with Crippen molar-refractivity contribution >= 4 is 5.97 Å². The zero-order valence-corrected chi connectivity index (χ0v) is 10.5.